The first kappa shape index (κ1) is 22.0. The maximum Gasteiger partial charge on any atom is 0.416 e. The van der Waals surface area contributed by atoms with Crippen LogP contribution in [0.5, 0.6) is 0 Å². The number of alkyl halides is 3. The number of carbonyl (C=O) groups excluding carboxylic acids is 1. The van der Waals surface area contributed by atoms with Gasteiger partial charge in [0.1, 0.15) is 15.9 Å². The number of carbonyl (C=O) groups is 1. The molecule has 0 amide bonds. The molecule has 4 nitrogen and oxygen atoms in total. The predicted molar refractivity (Wildman–Crippen MR) is 102 cm³/mol. The second kappa shape index (κ2) is 7.85. The van der Waals surface area contributed by atoms with Crippen molar-refractivity contribution >= 4 is 31.8 Å². The average Bonchev–Trinajstić information content (AvgIpc) is 3.43. The lowest BCUT2D eigenvalue weighted by atomic mass is 9.85. The van der Waals surface area contributed by atoms with E-state index in [1.807, 2.05) is 0 Å². The molecule has 156 valence electrons. The van der Waals surface area contributed by atoms with Gasteiger partial charge in [0.05, 0.1) is 10.5 Å². The molecule has 1 atom stereocenters. The summed E-state index contributed by atoms with van der Waals surface area (Å²) in [6.45, 7) is 1.68. The number of Topliss-reactive ketones (excluding diaryl/α,β-unsaturated/α-hetero) is 1. The van der Waals surface area contributed by atoms with Crippen LogP contribution in [0.3, 0.4) is 0 Å². The average molecular weight is 490 g/mol. The van der Waals surface area contributed by atoms with Crippen LogP contribution in [0.4, 0.5) is 13.2 Å². The van der Waals surface area contributed by atoms with E-state index in [0.29, 0.717) is 22.9 Å². The molecule has 1 saturated carbocycles. The summed E-state index contributed by atoms with van der Waals surface area (Å²) >= 11 is 3.21. The van der Waals surface area contributed by atoms with Gasteiger partial charge in [-0.2, -0.15) is 13.2 Å². The van der Waals surface area contributed by atoms with E-state index in [1.54, 1.807) is 6.92 Å². The largest absolute Gasteiger partial charge is 0.744 e. The van der Waals surface area contributed by atoms with Crippen LogP contribution in [-0.4, -0.2) is 18.8 Å². The molecular weight excluding hydrogens is 473 g/mol. The molecule has 1 aliphatic carbocycles. The van der Waals surface area contributed by atoms with Crippen LogP contribution in [-0.2, 0) is 27.5 Å². The van der Waals surface area contributed by atoms with Crippen LogP contribution < -0.4 is 0 Å². The molecule has 0 radical (unpaired) electrons. The van der Waals surface area contributed by atoms with Crippen molar-refractivity contribution < 1.29 is 30.9 Å². The summed E-state index contributed by atoms with van der Waals surface area (Å²) < 4.78 is 75.0. The lowest BCUT2D eigenvalue weighted by Gasteiger charge is -2.23. The maximum atomic E-state index is 13.1. The van der Waals surface area contributed by atoms with Gasteiger partial charge in [-0.05, 0) is 61.6 Å². The van der Waals surface area contributed by atoms with Gasteiger partial charge in [0.15, 0.2) is 0 Å². The molecule has 9 heteroatoms. The third-order valence-electron chi connectivity index (χ3n) is 4.93. The SMILES string of the molecule is Cc1ccc(S(=O)(=O)[O-])c(C(Cc2cc(C(F)(F)F)ccc2Br)C(=O)C2CC2)c1. The van der Waals surface area contributed by atoms with Crippen LogP contribution in [0.1, 0.15) is 41.0 Å². The highest BCUT2D eigenvalue weighted by molar-refractivity contribution is 9.10. The van der Waals surface area contributed by atoms with Crippen molar-refractivity contribution in [2.75, 3.05) is 0 Å². The smallest absolute Gasteiger partial charge is 0.416 e. The first-order valence-electron chi connectivity index (χ1n) is 8.83. The van der Waals surface area contributed by atoms with Gasteiger partial charge in [-0.1, -0.05) is 33.6 Å². The summed E-state index contributed by atoms with van der Waals surface area (Å²) in [4.78, 5) is 12.5. The summed E-state index contributed by atoms with van der Waals surface area (Å²) in [6, 6.07) is 7.17. The predicted octanol–water partition coefficient (Wildman–Crippen LogP) is 4.99. The van der Waals surface area contributed by atoms with E-state index in [2.05, 4.69) is 15.9 Å². The zero-order valence-corrected chi connectivity index (χ0v) is 17.7. The summed E-state index contributed by atoms with van der Waals surface area (Å²) in [5.74, 6) is -1.56. The van der Waals surface area contributed by atoms with Gasteiger partial charge in [0, 0.05) is 16.3 Å². The molecule has 1 unspecified atom stereocenters. The highest BCUT2D eigenvalue weighted by Gasteiger charge is 2.38. The van der Waals surface area contributed by atoms with Crippen molar-refractivity contribution in [2.45, 2.75) is 43.2 Å². The third-order valence-corrected chi connectivity index (χ3v) is 6.61. The van der Waals surface area contributed by atoms with E-state index in [9.17, 15) is 30.9 Å². The molecule has 1 aliphatic rings. The first-order chi connectivity index (χ1) is 13.4. The monoisotopic (exact) mass is 489 g/mol. The second-order valence-electron chi connectivity index (χ2n) is 7.23. The van der Waals surface area contributed by atoms with Gasteiger partial charge >= 0.3 is 6.18 Å². The summed E-state index contributed by atoms with van der Waals surface area (Å²) in [5.41, 5.74) is 0.0362. The maximum absolute atomic E-state index is 13.1. The highest BCUT2D eigenvalue weighted by Crippen LogP contribution is 2.40. The number of ketones is 1. The molecule has 0 saturated heterocycles. The number of aryl methyl sites for hydroxylation is 1. The van der Waals surface area contributed by atoms with E-state index >= 15 is 0 Å². The van der Waals surface area contributed by atoms with Crippen molar-refractivity contribution in [3.05, 3.63) is 63.1 Å². The van der Waals surface area contributed by atoms with Gasteiger partial charge in [0.25, 0.3) is 0 Å². The molecule has 0 spiro atoms. The van der Waals surface area contributed by atoms with Crippen molar-refractivity contribution in [3.8, 4) is 0 Å². The van der Waals surface area contributed by atoms with Gasteiger partial charge in [0.2, 0.25) is 0 Å². The Kier molecular flexibility index (Phi) is 5.95. The van der Waals surface area contributed by atoms with E-state index in [0.717, 1.165) is 18.2 Å². The normalized spacial score (nSPS) is 15.9. The van der Waals surface area contributed by atoms with E-state index in [-0.39, 0.29) is 29.2 Å². The number of hydrogen-bond donors (Lipinski definition) is 0. The fraction of sp³-hybridized carbons (Fsp3) is 0.350. The van der Waals surface area contributed by atoms with Crippen molar-refractivity contribution in [3.63, 3.8) is 0 Å². The second-order valence-corrected chi connectivity index (χ2v) is 9.44. The Morgan fingerprint density at radius 3 is 2.41 bits per heavy atom. The molecule has 0 N–H and O–H groups in total. The third kappa shape index (κ3) is 5.07. The topological polar surface area (TPSA) is 74.3 Å². The zero-order chi connectivity index (χ0) is 21.6. The van der Waals surface area contributed by atoms with E-state index in [1.165, 1.54) is 18.2 Å². The number of hydrogen-bond acceptors (Lipinski definition) is 4. The molecule has 0 heterocycles. The molecule has 29 heavy (non-hydrogen) atoms. The Balaban J connectivity index is 2.12. The fourth-order valence-electron chi connectivity index (χ4n) is 3.31. The minimum atomic E-state index is -4.86. The van der Waals surface area contributed by atoms with Gasteiger partial charge in [-0.15, -0.1) is 0 Å². The van der Waals surface area contributed by atoms with Gasteiger partial charge in [-0.3, -0.25) is 4.79 Å². The Morgan fingerprint density at radius 1 is 1.21 bits per heavy atom. The first-order valence-corrected chi connectivity index (χ1v) is 11.0. The fourth-order valence-corrected chi connectivity index (χ4v) is 4.44. The van der Waals surface area contributed by atoms with Crippen LogP contribution in [0, 0.1) is 12.8 Å². The van der Waals surface area contributed by atoms with Crippen LogP contribution in [0.2, 0.25) is 0 Å². The van der Waals surface area contributed by atoms with Gasteiger partial charge in [-0.25, -0.2) is 8.42 Å². The minimum Gasteiger partial charge on any atom is -0.744 e. The van der Waals surface area contributed by atoms with E-state index in [4.69, 9.17) is 0 Å². The van der Waals surface area contributed by atoms with Gasteiger partial charge < -0.3 is 4.55 Å². The van der Waals surface area contributed by atoms with Crippen LogP contribution in [0.15, 0.2) is 45.8 Å². The molecule has 0 aliphatic heterocycles. The molecule has 2 aromatic rings. The van der Waals surface area contributed by atoms with Crippen LogP contribution in [0.25, 0.3) is 0 Å². The van der Waals surface area contributed by atoms with Crippen LogP contribution >= 0.6 is 15.9 Å². The summed E-state index contributed by atoms with van der Waals surface area (Å²) in [6.07, 6.45) is -3.42. The summed E-state index contributed by atoms with van der Waals surface area (Å²) in [7, 11) is -4.86. The molecule has 2 aromatic carbocycles. The minimum absolute atomic E-state index is 0.0428. The lowest BCUT2D eigenvalue weighted by molar-refractivity contribution is -0.137. The number of halogens is 4. The van der Waals surface area contributed by atoms with Crippen molar-refractivity contribution in [1.82, 2.24) is 0 Å². The zero-order valence-electron chi connectivity index (χ0n) is 15.3. The molecule has 3 rings (SSSR count). The quantitative estimate of drug-likeness (QED) is 0.536. The molecular formula is C20H17BrF3O4S-. The van der Waals surface area contributed by atoms with Crippen molar-refractivity contribution in [2.24, 2.45) is 5.92 Å². The Bertz CT molecular complexity index is 1060. The molecule has 1 fully saturated rings. The molecule has 0 bridgehead atoms. The van der Waals surface area contributed by atoms with E-state index < -0.39 is 32.7 Å². The standard InChI is InChI=1S/C20H18BrF3O4S/c1-11-2-7-18(29(26,27)28)15(8-11)16(19(25)12-3-4-12)10-13-9-14(20(22,23)24)5-6-17(13)21/h2,5-9,12,16H,3-4,10H2,1H3,(H,26,27,28)/p-1. The Labute approximate surface area is 175 Å². The lowest BCUT2D eigenvalue weighted by Crippen LogP contribution is -2.20. The van der Waals surface area contributed by atoms with Crippen molar-refractivity contribution in [1.29, 1.82) is 0 Å². The molecule has 0 aromatic heterocycles. The Morgan fingerprint density at radius 2 is 1.86 bits per heavy atom. The summed E-state index contributed by atoms with van der Waals surface area (Å²) in [5, 5.41) is 0. The number of benzene rings is 2. The number of rotatable bonds is 6. The highest BCUT2D eigenvalue weighted by atomic mass is 79.9. The Hall–Kier alpha value is -1.71.